The summed E-state index contributed by atoms with van der Waals surface area (Å²) in [5.41, 5.74) is 1.88. The van der Waals surface area contributed by atoms with Crippen LogP contribution in [0.3, 0.4) is 0 Å². The summed E-state index contributed by atoms with van der Waals surface area (Å²) >= 11 is 0. The summed E-state index contributed by atoms with van der Waals surface area (Å²) in [7, 11) is -3.65. The van der Waals surface area contributed by atoms with Crippen LogP contribution in [0.2, 0.25) is 0 Å². The minimum absolute atomic E-state index is 0.0859. The Morgan fingerprint density at radius 2 is 1.68 bits per heavy atom. The molecular formula is C17H18N2O5S. The van der Waals surface area contributed by atoms with E-state index in [9.17, 15) is 18.0 Å². The number of carboxylic acids is 1. The highest BCUT2D eigenvalue weighted by atomic mass is 32.2. The number of carboxylic acid groups (broad SMARTS) is 1. The van der Waals surface area contributed by atoms with Gasteiger partial charge in [0.1, 0.15) is 0 Å². The Hall–Kier alpha value is -2.87. The molecule has 0 aliphatic heterocycles. The van der Waals surface area contributed by atoms with Crippen LogP contribution in [0, 0.1) is 6.92 Å². The minimum atomic E-state index is -3.65. The zero-order valence-corrected chi connectivity index (χ0v) is 14.6. The van der Waals surface area contributed by atoms with Gasteiger partial charge in [-0.1, -0.05) is 24.3 Å². The van der Waals surface area contributed by atoms with Crippen LogP contribution in [0.5, 0.6) is 0 Å². The molecular weight excluding hydrogens is 344 g/mol. The molecule has 0 aliphatic rings. The third-order valence-corrected chi connectivity index (χ3v) is 4.58. The highest BCUT2D eigenvalue weighted by Gasteiger charge is 2.17. The van der Waals surface area contributed by atoms with Crippen LogP contribution in [0.1, 0.15) is 11.1 Å². The van der Waals surface area contributed by atoms with Crippen LogP contribution in [0.4, 0.5) is 16.2 Å². The molecule has 2 aromatic rings. The summed E-state index contributed by atoms with van der Waals surface area (Å²) < 4.78 is 23.9. The Morgan fingerprint density at radius 1 is 1.04 bits per heavy atom. The highest BCUT2D eigenvalue weighted by Crippen LogP contribution is 2.24. The van der Waals surface area contributed by atoms with E-state index in [-0.39, 0.29) is 17.0 Å². The fourth-order valence-electron chi connectivity index (χ4n) is 2.25. The maximum absolute atomic E-state index is 12.2. The zero-order valence-electron chi connectivity index (χ0n) is 13.7. The van der Waals surface area contributed by atoms with Crippen molar-refractivity contribution in [2.75, 3.05) is 16.9 Å². The predicted molar refractivity (Wildman–Crippen MR) is 94.7 cm³/mol. The molecule has 0 bridgehead atoms. The van der Waals surface area contributed by atoms with Crippen molar-refractivity contribution in [3.05, 3.63) is 53.6 Å². The van der Waals surface area contributed by atoms with E-state index in [0.29, 0.717) is 11.3 Å². The van der Waals surface area contributed by atoms with Crippen LogP contribution >= 0.6 is 0 Å². The number of carbonyl (C=O) groups is 2. The van der Waals surface area contributed by atoms with E-state index < -0.39 is 21.8 Å². The van der Waals surface area contributed by atoms with Gasteiger partial charge in [-0.2, -0.15) is 0 Å². The molecule has 0 fully saturated rings. The van der Waals surface area contributed by atoms with Gasteiger partial charge >= 0.3 is 12.0 Å². The molecule has 0 aromatic heterocycles. The number of hydrogen-bond acceptors (Lipinski definition) is 4. The standard InChI is InChI=1S/C17H18N2O5S/c1-11-5-3-4-6-13(11)18-17(22)19-14-8-7-12(10-16(20)21)9-15(14)25(2,23)24/h3-9H,10H2,1-2H3,(H,20,21)(H2,18,19,22). The number of rotatable bonds is 5. The molecule has 0 radical (unpaired) electrons. The van der Waals surface area contributed by atoms with Crippen molar-refractivity contribution in [1.82, 2.24) is 0 Å². The van der Waals surface area contributed by atoms with Crippen LogP contribution in [-0.4, -0.2) is 31.8 Å². The molecule has 25 heavy (non-hydrogen) atoms. The van der Waals surface area contributed by atoms with E-state index in [2.05, 4.69) is 10.6 Å². The lowest BCUT2D eigenvalue weighted by Crippen LogP contribution is -2.21. The maximum Gasteiger partial charge on any atom is 0.323 e. The molecule has 0 heterocycles. The monoisotopic (exact) mass is 362 g/mol. The first-order chi connectivity index (χ1) is 11.7. The zero-order chi connectivity index (χ0) is 18.6. The van der Waals surface area contributed by atoms with E-state index in [4.69, 9.17) is 5.11 Å². The van der Waals surface area contributed by atoms with Crippen molar-refractivity contribution in [2.24, 2.45) is 0 Å². The Morgan fingerprint density at radius 3 is 2.28 bits per heavy atom. The second kappa shape index (κ2) is 7.35. The number of aliphatic carboxylic acids is 1. The topological polar surface area (TPSA) is 113 Å². The van der Waals surface area contributed by atoms with Crippen molar-refractivity contribution in [3.63, 3.8) is 0 Å². The second-order valence-corrected chi connectivity index (χ2v) is 7.55. The van der Waals surface area contributed by atoms with Crippen molar-refractivity contribution in [3.8, 4) is 0 Å². The number of para-hydroxylation sites is 1. The molecule has 0 atom stereocenters. The average Bonchev–Trinajstić information content (AvgIpc) is 2.49. The number of hydrogen-bond donors (Lipinski definition) is 3. The highest BCUT2D eigenvalue weighted by molar-refractivity contribution is 7.90. The van der Waals surface area contributed by atoms with E-state index in [0.717, 1.165) is 11.8 Å². The molecule has 0 aliphatic carbocycles. The van der Waals surface area contributed by atoms with Gasteiger partial charge in [0.2, 0.25) is 0 Å². The van der Waals surface area contributed by atoms with Crippen molar-refractivity contribution < 1.29 is 23.1 Å². The molecule has 0 saturated carbocycles. The normalized spacial score (nSPS) is 11.0. The van der Waals surface area contributed by atoms with Gasteiger partial charge in [-0.25, -0.2) is 13.2 Å². The lowest BCUT2D eigenvalue weighted by Gasteiger charge is -2.13. The number of nitrogens with one attached hydrogen (secondary N) is 2. The molecule has 0 saturated heterocycles. The summed E-state index contributed by atoms with van der Waals surface area (Å²) in [6, 6.07) is 10.7. The molecule has 2 amide bonds. The third-order valence-electron chi connectivity index (χ3n) is 3.44. The number of urea groups is 1. The van der Waals surface area contributed by atoms with Crippen LogP contribution in [0.15, 0.2) is 47.4 Å². The first-order valence-corrected chi connectivity index (χ1v) is 9.24. The smallest absolute Gasteiger partial charge is 0.323 e. The largest absolute Gasteiger partial charge is 0.481 e. The van der Waals surface area contributed by atoms with Crippen LogP contribution < -0.4 is 10.6 Å². The van der Waals surface area contributed by atoms with Crippen molar-refractivity contribution in [1.29, 1.82) is 0 Å². The Kier molecular flexibility index (Phi) is 5.43. The van der Waals surface area contributed by atoms with E-state index in [1.165, 1.54) is 18.2 Å². The average molecular weight is 362 g/mol. The SMILES string of the molecule is Cc1ccccc1NC(=O)Nc1ccc(CC(=O)O)cc1S(C)(=O)=O. The summed E-state index contributed by atoms with van der Waals surface area (Å²) in [6.45, 7) is 1.83. The molecule has 0 unspecified atom stereocenters. The van der Waals surface area contributed by atoms with E-state index in [1.807, 2.05) is 19.1 Å². The Labute approximate surface area is 145 Å². The van der Waals surface area contributed by atoms with Gasteiger partial charge in [0.15, 0.2) is 9.84 Å². The Balaban J connectivity index is 2.27. The number of sulfone groups is 1. The maximum atomic E-state index is 12.2. The van der Waals surface area contributed by atoms with E-state index >= 15 is 0 Å². The van der Waals surface area contributed by atoms with Crippen molar-refractivity contribution >= 4 is 33.2 Å². The molecule has 132 valence electrons. The number of anilines is 2. The molecule has 2 rings (SSSR count). The van der Waals surface area contributed by atoms with Crippen LogP contribution in [-0.2, 0) is 21.1 Å². The fourth-order valence-corrected chi connectivity index (χ4v) is 3.13. The Bertz CT molecular complexity index is 922. The third kappa shape index (κ3) is 5.05. The minimum Gasteiger partial charge on any atom is -0.481 e. The van der Waals surface area contributed by atoms with Crippen molar-refractivity contribution in [2.45, 2.75) is 18.2 Å². The summed E-state index contributed by atoms with van der Waals surface area (Å²) in [5.74, 6) is -1.07. The first kappa shape index (κ1) is 18.5. The van der Waals surface area contributed by atoms with Gasteiger partial charge in [-0.15, -0.1) is 0 Å². The number of amides is 2. The number of aryl methyl sites for hydroxylation is 1. The second-order valence-electron chi connectivity index (χ2n) is 5.57. The predicted octanol–water partition coefficient (Wildman–Crippen LogP) is 2.67. The van der Waals surface area contributed by atoms with Gasteiger partial charge in [-0.3, -0.25) is 4.79 Å². The number of benzene rings is 2. The fraction of sp³-hybridized carbons (Fsp3) is 0.176. The van der Waals surface area contributed by atoms with Crippen LogP contribution in [0.25, 0.3) is 0 Å². The lowest BCUT2D eigenvalue weighted by molar-refractivity contribution is -0.136. The molecule has 3 N–H and O–H groups in total. The van der Waals surface area contributed by atoms with Gasteiger partial charge in [-0.05, 0) is 36.2 Å². The number of carbonyl (C=O) groups excluding carboxylic acids is 1. The van der Waals surface area contributed by atoms with Gasteiger partial charge in [0.25, 0.3) is 0 Å². The molecule has 8 heteroatoms. The molecule has 2 aromatic carbocycles. The van der Waals surface area contributed by atoms with Gasteiger partial charge in [0, 0.05) is 11.9 Å². The molecule has 7 nitrogen and oxygen atoms in total. The lowest BCUT2D eigenvalue weighted by atomic mass is 10.1. The summed E-state index contributed by atoms with van der Waals surface area (Å²) in [4.78, 5) is 22.8. The quantitative estimate of drug-likeness (QED) is 0.757. The molecule has 0 spiro atoms. The first-order valence-electron chi connectivity index (χ1n) is 7.35. The van der Waals surface area contributed by atoms with Gasteiger partial charge in [0.05, 0.1) is 17.0 Å². The summed E-state index contributed by atoms with van der Waals surface area (Å²) in [5, 5.41) is 14.0. The van der Waals surface area contributed by atoms with Gasteiger partial charge < -0.3 is 15.7 Å². The summed E-state index contributed by atoms with van der Waals surface area (Å²) in [6.07, 6.45) is 0.690. The van der Waals surface area contributed by atoms with E-state index in [1.54, 1.807) is 12.1 Å².